The molecule has 0 radical (unpaired) electrons. The van der Waals surface area contributed by atoms with Crippen molar-refractivity contribution in [3.63, 3.8) is 0 Å². The fraction of sp³-hybridized carbons (Fsp3) is 0.556. The van der Waals surface area contributed by atoms with Crippen LogP contribution < -0.4 is 15.5 Å². The van der Waals surface area contributed by atoms with Gasteiger partial charge in [0.2, 0.25) is 5.95 Å². The van der Waals surface area contributed by atoms with Crippen LogP contribution in [0.1, 0.15) is 68.9 Å². The number of anilines is 2. The SMILES string of the molecule is CCc1cnc(N2CCC(ON=C3CCC(c4cc(F)c(NC(=O)NCCCO)cc4F)CC3)CC2)nc1. The number of aliphatic hydroxyl groups is 1. The summed E-state index contributed by atoms with van der Waals surface area (Å²) in [6.45, 7) is 3.87. The summed E-state index contributed by atoms with van der Waals surface area (Å²) >= 11 is 0. The summed E-state index contributed by atoms with van der Waals surface area (Å²) in [4.78, 5) is 28.7. The number of hydrogen-bond acceptors (Lipinski definition) is 7. The van der Waals surface area contributed by atoms with Crippen LogP contribution in [0, 0.1) is 11.6 Å². The van der Waals surface area contributed by atoms with E-state index in [9.17, 15) is 13.6 Å². The summed E-state index contributed by atoms with van der Waals surface area (Å²) in [6, 6.07) is 1.56. The molecule has 0 atom stereocenters. The number of benzene rings is 1. The number of nitrogens with one attached hydrogen (secondary N) is 2. The predicted molar refractivity (Wildman–Crippen MR) is 141 cm³/mol. The van der Waals surface area contributed by atoms with E-state index in [2.05, 4.69) is 37.6 Å². The van der Waals surface area contributed by atoms with Crippen LogP contribution in [-0.2, 0) is 11.3 Å². The molecule has 38 heavy (non-hydrogen) atoms. The number of aliphatic hydroxyl groups excluding tert-OH is 1. The van der Waals surface area contributed by atoms with Crippen molar-refractivity contribution >= 4 is 23.4 Å². The molecule has 11 heteroatoms. The van der Waals surface area contributed by atoms with Crippen molar-refractivity contribution in [2.75, 3.05) is 36.5 Å². The second kappa shape index (κ2) is 13.5. The molecule has 1 saturated carbocycles. The van der Waals surface area contributed by atoms with E-state index in [0.29, 0.717) is 37.7 Å². The number of carbonyl (C=O) groups is 1. The molecule has 4 rings (SSSR count). The minimum absolute atomic E-state index is 0.0406. The molecule has 1 aromatic heterocycles. The first-order chi connectivity index (χ1) is 18.5. The molecule has 2 aliphatic rings. The van der Waals surface area contributed by atoms with Gasteiger partial charge in [0.05, 0.1) is 11.4 Å². The molecule has 2 aromatic rings. The Kier molecular flexibility index (Phi) is 9.80. The number of halogens is 2. The first-order valence-corrected chi connectivity index (χ1v) is 13.4. The first kappa shape index (κ1) is 27.7. The highest BCUT2D eigenvalue weighted by molar-refractivity contribution is 5.89. The third-order valence-corrected chi connectivity index (χ3v) is 7.11. The van der Waals surface area contributed by atoms with E-state index in [4.69, 9.17) is 9.94 Å². The molecule has 1 aromatic carbocycles. The van der Waals surface area contributed by atoms with Gasteiger partial charge in [0, 0.05) is 57.5 Å². The molecular formula is C27H36F2N6O3. The normalized spacial score (nSPS) is 18.3. The molecule has 2 amide bonds. The van der Waals surface area contributed by atoms with Gasteiger partial charge in [-0.05, 0) is 61.6 Å². The lowest BCUT2D eigenvalue weighted by molar-refractivity contribution is 0.0406. The Morgan fingerprint density at radius 3 is 2.50 bits per heavy atom. The largest absolute Gasteiger partial charge is 0.396 e. The Bertz CT molecular complexity index is 1100. The summed E-state index contributed by atoms with van der Waals surface area (Å²) in [5.74, 6) is -0.601. The number of amides is 2. The van der Waals surface area contributed by atoms with Crippen molar-refractivity contribution in [3.8, 4) is 0 Å². The van der Waals surface area contributed by atoms with Crippen LogP contribution in [-0.4, -0.2) is 59.2 Å². The Balaban J connectivity index is 1.23. The molecule has 9 nitrogen and oxygen atoms in total. The molecule has 1 aliphatic carbocycles. The van der Waals surface area contributed by atoms with Crippen LogP contribution in [0.4, 0.5) is 25.2 Å². The molecule has 0 bridgehead atoms. The lowest BCUT2D eigenvalue weighted by Crippen LogP contribution is -2.37. The number of oxime groups is 1. The summed E-state index contributed by atoms with van der Waals surface area (Å²) < 4.78 is 29.4. The van der Waals surface area contributed by atoms with Crippen LogP contribution in [0.2, 0.25) is 0 Å². The highest BCUT2D eigenvalue weighted by atomic mass is 19.1. The summed E-state index contributed by atoms with van der Waals surface area (Å²) in [5.41, 5.74) is 2.17. The summed E-state index contributed by atoms with van der Waals surface area (Å²) in [5, 5.41) is 18.0. The fourth-order valence-corrected chi connectivity index (χ4v) is 4.78. The molecule has 206 valence electrons. The molecule has 0 unspecified atom stereocenters. The van der Waals surface area contributed by atoms with E-state index in [1.807, 2.05) is 12.4 Å². The Labute approximate surface area is 221 Å². The topological polar surface area (TPSA) is 112 Å². The maximum Gasteiger partial charge on any atom is 0.319 e. The molecule has 2 heterocycles. The van der Waals surface area contributed by atoms with Crippen molar-refractivity contribution < 1.29 is 23.5 Å². The smallest absolute Gasteiger partial charge is 0.319 e. The van der Waals surface area contributed by atoms with Gasteiger partial charge in [-0.1, -0.05) is 12.1 Å². The van der Waals surface area contributed by atoms with Gasteiger partial charge in [0.15, 0.2) is 0 Å². The van der Waals surface area contributed by atoms with Crippen LogP contribution in [0.25, 0.3) is 0 Å². The highest BCUT2D eigenvalue weighted by Gasteiger charge is 2.26. The zero-order valence-electron chi connectivity index (χ0n) is 21.8. The number of carbonyl (C=O) groups excluding carboxylic acids is 1. The second-order valence-electron chi connectivity index (χ2n) is 9.78. The highest BCUT2D eigenvalue weighted by Crippen LogP contribution is 2.35. The van der Waals surface area contributed by atoms with E-state index in [-0.39, 0.29) is 30.9 Å². The average Bonchev–Trinajstić information content (AvgIpc) is 2.94. The zero-order chi connectivity index (χ0) is 26.9. The monoisotopic (exact) mass is 530 g/mol. The predicted octanol–water partition coefficient (Wildman–Crippen LogP) is 4.52. The molecule has 1 saturated heterocycles. The number of piperidine rings is 1. The number of rotatable bonds is 9. The van der Waals surface area contributed by atoms with Crippen molar-refractivity contribution in [2.24, 2.45) is 5.16 Å². The van der Waals surface area contributed by atoms with Gasteiger partial charge in [-0.25, -0.2) is 23.5 Å². The Morgan fingerprint density at radius 2 is 1.84 bits per heavy atom. The van der Waals surface area contributed by atoms with Crippen LogP contribution in [0.5, 0.6) is 0 Å². The minimum Gasteiger partial charge on any atom is -0.396 e. The number of aromatic nitrogens is 2. The number of urea groups is 1. The van der Waals surface area contributed by atoms with Crippen LogP contribution in [0.3, 0.4) is 0 Å². The van der Waals surface area contributed by atoms with Crippen LogP contribution >= 0.6 is 0 Å². The third-order valence-electron chi connectivity index (χ3n) is 7.11. The number of nitrogens with zero attached hydrogens (tertiary/aromatic N) is 4. The van der Waals surface area contributed by atoms with Gasteiger partial charge in [-0.2, -0.15) is 0 Å². The fourth-order valence-electron chi connectivity index (χ4n) is 4.78. The first-order valence-electron chi connectivity index (χ1n) is 13.4. The third kappa shape index (κ3) is 7.37. The van der Waals surface area contributed by atoms with Gasteiger partial charge in [-0.15, -0.1) is 0 Å². The molecule has 2 fully saturated rings. The summed E-state index contributed by atoms with van der Waals surface area (Å²) in [7, 11) is 0. The van der Waals surface area contributed by atoms with Crippen molar-refractivity contribution in [1.29, 1.82) is 0 Å². The molecule has 0 spiro atoms. The van der Waals surface area contributed by atoms with E-state index >= 15 is 0 Å². The minimum atomic E-state index is -0.681. The van der Waals surface area contributed by atoms with E-state index in [1.165, 1.54) is 6.07 Å². The number of aryl methyl sites for hydroxylation is 1. The molecule has 3 N–H and O–H groups in total. The van der Waals surface area contributed by atoms with E-state index in [1.54, 1.807) is 0 Å². The van der Waals surface area contributed by atoms with Gasteiger partial charge in [0.25, 0.3) is 0 Å². The lowest BCUT2D eigenvalue weighted by Gasteiger charge is -2.31. The average molecular weight is 531 g/mol. The van der Waals surface area contributed by atoms with Crippen molar-refractivity contribution in [1.82, 2.24) is 15.3 Å². The maximum absolute atomic E-state index is 14.8. The quantitative estimate of drug-likeness (QED) is 0.325. The number of hydrogen-bond donors (Lipinski definition) is 3. The lowest BCUT2D eigenvalue weighted by atomic mass is 9.83. The van der Waals surface area contributed by atoms with Gasteiger partial charge < -0.3 is 25.5 Å². The standard InChI is InChI=1S/C27H36F2N6O3/c1-2-18-16-31-26(32-17-18)35-11-8-21(9-12-35)38-34-20-6-4-19(5-7-20)22-14-24(29)25(15-23(22)28)33-27(37)30-10-3-13-36/h14-17,19,21,36H,2-13H2,1H3,(H2,30,33,37). The molecular weight excluding hydrogens is 494 g/mol. The van der Waals surface area contributed by atoms with E-state index < -0.39 is 17.7 Å². The van der Waals surface area contributed by atoms with Crippen molar-refractivity contribution in [3.05, 3.63) is 47.3 Å². The summed E-state index contributed by atoms with van der Waals surface area (Å²) in [6.07, 6.45) is 9.38. The van der Waals surface area contributed by atoms with Gasteiger partial charge in [0.1, 0.15) is 17.7 Å². The van der Waals surface area contributed by atoms with Crippen LogP contribution in [0.15, 0.2) is 29.7 Å². The zero-order valence-corrected chi connectivity index (χ0v) is 21.8. The molecule has 1 aliphatic heterocycles. The van der Waals surface area contributed by atoms with Gasteiger partial charge in [-0.3, -0.25) is 0 Å². The van der Waals surface area contributed by atoms with Crippen molar-refractivity contribution in [2.45, 2.75) is 70.3 Å². The van der Waals surface area contributed by atoms with Gasteiger partial charge >= 0.3 is 6.03 Å². The Hall–Kier alpha value is -3.34. The maximum atomic E-state index is 14.8. The Morgan fingerprint density at radius 1 is 1.13 bits per heavy atom. The van der Waals surface area contributed by atoms with E-state index in [0.717, 1.165) is 55.6 Å². The second-order valence-corrected chi connectivity index (χ2v) is 9.78.